The van der Waals surface area contributed by atoms with Gasteiger partial charge in [0, 0.05) is 0 Å². The summed E-state index contributed by atoms with van der Waals surface area (Å²) in [5, 5.41) is 7.51. The molecule has 0 fully saturated rings. The van der Waals surface area contributed by atoms with Crippen LogP contribution in [0.3, 0.4) is 0 Å². The SMILES string of the molecule is CCCC(NC(=O)Cn1nc(C)c(Cl)c1C)c1cccc(C(F)(F)F)c1. The van der Waals surface area contributed by atoms with Gasteiger partial charge < -0.3 is 5.32 Å². The molecule has 8 heteroatoms. The molecule has 26 heavy (non-hydrogen) atoms. The van der Waals surface area contributed by atoms with Crippen LogP contribution < -0.4 is 5.32 Å². The van der Waals surface area contributed by atoms with Crippen LogP contribution in [0.15, 0.2) is 24.3 Å². The highest BCUT2D eigenvalue weighted by Crippen LogP contribution is 2.31. The monoisotopic (exact) mass is 387 g/mol. The van der Waals surface area contributed by atoms with Crippen LogP contribution in [0.5, 0.6) is 0 Å². The second kappa shape index (κ2) is 8.12. The molecule has 0 aliphatic heterocycles. The largest absolute Gasteiger partial charge is 0.416 e. The van der Waals surface area contributed by atoms with E-state index in [1.54, 1.807) is 19.9 Å². The van der Waals surface area contributed by atoms with Gasteiger partial charge in [-0.05, 0) is 38.0 Å². The van der Waals surface area contributed by atoms with E-state index in [9.17, 15) is 18.0 Å². The maximum atomic E-state index is 12.9. The summed E-state index contributed by atoms with van der Waals surface area (Å²) in [6.07, 6.45) is -3.17. The summed E-state index contributed by atoms with van der Waals surface area (Å²) < 4.78 is 40.3. The average molecular weight is 388 g/mol. The molecular formula is C18H21ClF3N3O. The lowest BCUT2D eigenvalue weighted by Crippen LogP contribution is -2.32. The van der Waals surface area contributed by atoms with Crippen molar-refractivity contribution in [2.24, 2.45) is 0 Å². The summed E-state index contributed by atoms with van der Waals surface area (Å²) >= 11 is 6.07. The summed E-state index contributed by atoms with van der Waals surface area (Å²) in [6, 6.07) is 4.55. The van der Waals surface area contributed by atoms with E-state index < -0.39 is 17.8 Å². The lowest BCUT2D eigenvalue weighted by atomic mass is 10.00. The van der Waals surface area contributed by atoms with Gasteiger partial charge in [-0.15, -0.1) is 0 Å². The van der Waals surface area contributed by atoms with Crippen LogP contribution in [0.4, 0.5) is 13.2 Å². The first-order chi connectivity index (χ1) is 12.1. The molecule has 2 aromatic rings. The molecule has 2 rings (SSSR count). The van der Waals surface area contributed by atoms with Crippen molar-refractivity contribution in [1.82, 2.24) is 15.1 Å². The Labute approximate surface area is 155 Å². The van der Waals surface area contributed by atoms with Crippen molar-refractivity contribution in [2.75, 3.05) is 0 Å². The Kier molecular flexibility index (Phi) is 6.34. The first kappa shape index (κ1) is 20.3. The van der Waals surface area contributed by atoms with Crippen molar-refractivity contribution in [3.05, 3.63) is 51.8 Å². The number of amides is 1. The molecule has 1 atom stereocenters. The zero-order valence-electron chi connectivity index (χ0n) is 14.8. The predicted octanol–water partition coefficient (Wildman–Crippen LogP) is 4.83. The molecule has 1 N–H and O–H groups in total. The maximum absolute atomic E-state index is 12.9. The molecular weight excluding hydrogens is 367 g/mol. The van der Waals surface area contributed by atoms with Gasteiger partial charge in [0.1, 0.15) is 6.54 Å². The average Bonchev–Trinajstić information content (AvgIpc) is 2.81. The highest BCUT2D eigenvalue weighted by Gasteiger charge is 2.31. The molecule has 0 bridgehead atoms. The van der Waals surface area contributed by atoms with Crippen molar-refractivity contribution in [1.29, 1.82) is 0 Å². The Hall–Kier alpha value is -2.02. The zero-order valence-corrected chi connectivity index (χ0v) is 15.6. The topological polar surface area (TPSA) is 46.9 Å². The third-order valence-corrected chi connectivity index (χ3v) is 4.66. The standard InChI is InChI=1S/C18H21ClF3N3O/c1-4-6-15(13-7-5-8-14(9-13)18(20,21)22)23-16(26)10-25-12(3)17(19)11(2)24-25/h5,7-9,15H,4,6,10H2,1-3H3,(H,23,26). The predicted molar refractivity (Wildman–Crippen MR) is 93.9 cm³/mol. The van der Waals surface area contributed by atoms with Gasteiger partial charge in [0.2, 0.25) is 5.91 Å². The maximum Gasteiger partial charge on any atom is 0.416 e. The van der Waals surface area contributed by atoms with Gasteiger partial charge in [0.25, 0.3) is 0 Å². The van der Waals surface area contributed by atoms with Gasteiger partial charge in [-0.25, -0.2) is 0 Å². The van der Waals surface area contributed by atoms with Crippen LogP contribution in [-0.2, 0) is 17.5 Å². The Morgan fingerprint density at radius 3 is 2.58 bits per heavy atom. The number of nitrogens with zero attached hydrogens (tertiary/aromatic N) is 2. The summed E-state index contributed by atoms with van der Waals surface area (Å²) in [5.41, 5.74) is 1.00. The Bertz CT molecular complexity index is 786. The van der Waals surface area contributed by atoms with Gasteiger partial charge in [-0.1, -0.05) is 37.1 Å². The van der Waals surface area contributed by atoms with Crippen LogP contribution in [0.1, 0.15) is 48.3 Å². The molecule has 4 nitrogen and oxygen atoms in total. The van der Waals surface area contributed by atoms with E-state index in [4.69, 9.17) is 11.6 Å². The molecule has 0 spiro atoms. The number of hydrogen-bond donors (Lipinski definition) is 1. The van der Waals surface area contributed by atoms with Gasteiger partial charge in [0.15, 0.2) is 0 Å². The van der Waals surface area contributed by atoms with Gasteiger partial charge >= 0.3 is 6.18 Å². The van der Waals surface area contributed by atoms with Crippen molar-refractivity contribution >= 4 is 17.5 Å². The fraction of sp³-hybridized carbons (Fsp3) is 0.444. The molecule has 142 valence electrons. The van der Waals surface area contributed by atoms with Crippen LogP contribution in [0, 0.1) is 13.8 Å². The zero-order chi connectivity index (χ0) is 19.5. The summed E-state index contributed by atoms with van der Waals surface area (Å²) in [4.78, 5) is 12.4. The highest BCUT2D eigenvalue weighted by atomic mass is 35.5. The lowest BCUT2D eigenvalue weighted by molar-refractivity contribution is -0.137. The normalized spacial score (nSPS) is 12.9. The number of carbonyl (C=O) groups is 1. The Balaban J connectivity index is 2.17. The second-order valence-corrected chi connectivity index (χ2v) is 6.55. The third-order valence-electron chi connectivity index (χ3n) is 4.12. The number of aromatic nitrogens is 2. The minimum absolute atomic E-state index is 0.0431. The smallest absolute Gasteiger partial charge is 0.348 e. The number of hydrogen-bond acceptors (Lipinski definition) is 2. The Morgan fingerprint density at radius 1 is 1.35 bits per heavy atom. The highest BCUT2D eigenvalue weighted by molar-refractivity contribution is 6.31. The third kappa shape index (κ3) is 4.78. The van der Waals surface area contributed by atoms with Crippen molar-refractivity contribution in [3.63, 3.8) is 0 Å². The number of halogens is 4. The van der Waals surface area contributed by atoms with Crippen molar-refractivity contribution in [2.45, 2.75) is 52.4 Å². The fourth-order valence-corrected chi connectivity index (χ4v) is 2.88. The Morgan fingerprint density at radius 2 is 2.04 bits per heavy atom. The van der Waals surface area contributed by atoms with E-state index in [1.165, 1.54) is 10.7 Å². The molecule has 0 saturated carbocycles. The molecule has 0 aliphatic rings. The molecule has 1 unspecified atom stereocenters. The number of alkyl halides is 3. The fourth-order valence-electron chi connectivity index (χ4n) is 2.75. The first-order valence-corrected chi connectivity index (χ1v) is 8.67. The van der Waals surface area contributed by atoms with Crippen molar-refractivity contribution in [3.8, 4) is 0 Å². The molecule has 1 heterocycles. The minimum Gasteiger partial charge on any atom is -0.348 e. The van der Waals surface area contributed by atoms with E-state index in [0.29, 0.717) is 34.8 Å². The quantitative estimate of drug-likeness (QED) is 0.771. The first-order valence-electron chi connectivity index (χ1n) is 8.29. The van der Waals surface area contributed by atoms with E-state index in [2.05, 4.69) is 10.4 Å². The van der Waals surface area contributed by atoms with Crippen LogP contribution in [-0.4, -0.2) is 15.7 Å². The number of benzene rings is 1. The van der Waals surface area contributed by atoms with Crippen molar-refractivity contribution < 1.29 is 18.0 Å². The number of carbonyl (C=O) groups excluding carboxylic acids is 1. The molecule has 1 aromatic heterocycles. The van der Waals surface area contributed by atoms with Gasteiger partial charge in [-0.3, -0.25) is 9.48 Å². The molecule has 0 radical (unpaired) electrons. The van der Waals surface area contributed by atoms with E-state index in [0.717, 1.165) is 12.1 Å². The van der Waals surface area contributed by atoms with E-state index >= 15 is 0 Å². The molecule has 0 aliphatic carbocycles. The number of rotatable bonds is 6. The van der Waals surface area contributed by atoms with E-state index in [-0.39, 0.29) is 12.5 Å². The van der Waals surface area contributed by atoms with Gasteiger partial charge in [-0.2, -0.15) is 18.3 Å². The van der Waals surface area contributed by atoms with Crippen LogP contribution in [0.25, 0.3) is 0 Å². The summed E-state index contributed by atoms with van der Waals surface area (Å²) in [5.74, 6) is -0.330. The van der Waals surface area contributed by atoms with E-state index in [1.807, 2.05) is 6.92 Å². The number of aryl methyl sites for hydroxylation is 1. The minimum atomic E-state index is -4.42. The van der Waals surface area contributed by atoms with Gasteiger partial charge in [0.05, 0.1) is 28.0 Å². The second-order valence-electron chi connectivity index (χ2n) is 6.17. The molecule has 1 aromatic carbocycles. The molecule has 0 saturated heterocycles. The summed E-state index contributed by atoms with van der Waals surface area (Å²) in [6.45, 7) is 5.37. The molecule has 1 amide bonds. The van der Waals surface area contributed by atoms with Crippen LogP contribution >= 0.6 is 11.6 Å². The van der Waals surface area contributed by atoms with Crippen LogP contribution in [0.2, 0.25) is 5.02 Å². The summed E-state index contributed by atoms with van der Waals surface area (Å²) in [7, 11) is 0. The number of nitrogens with one attached hydrogen (secondary N) is 1. The lowest BCUT2D eigenvalue weighted by Gasteiger charge is -2.20.